The van der Waals surface area contributed by atoms with Crippen molar-refractivity contribution in [3.63, 3.8) is 0 Å². The van der Waals surface area contributed by atoms with Crippen LogP contribution in [0.15, 0.2) is 41.3 Å². The number of carbonyl (C=O) groups excluding carboxylic acids is 4. The van der Waals surface area contributed by atoms with Gasteiger partial charge in [-0.2, -0.15) is 0 Å². The highest BCUT2D eigenvalue weighted by Gasteiger charge is 2.55. The van der Waals surface area contributed by atoms with E-state index in [9.17, 15) is 19.2 Å². The highest BCUT2D eigenvalue weighted by atomic mass is 35.5. The van der Waals surface area contributed by atoms with Gasteiger partial charge in [-0.1, -0.05) is 30.7 Å². The van der Waals surface area contributed by atoms with Gasteiger partial charge in [-0.15, -0.1) is 0 Å². The van der Waals surface area contributed by atoms with Crippen LogP contribution in [0, 0.1) is 5.82 Å². The van der Waals surface area contributed by atoms with Crippen LogP contribution < -0.4 is 4.90 Å². The summed E-state index contributed by atoms with van der Waals surface area (Å²) in [6.45, 7) is 6.99. The van der Waals surface area contributed by atoms with E-state index < -0.39 is 46.3 Å². The number of ether oxygens (including phenoxy) is 1. The van der Waals surface area contributed by atoms with Crippen LogP contribution in [0.1, 0.15) is 50.8 Å². The molecule has 0 spiro atoms. The third-order valence-electron chi connectivity index (χ3n) is 7.12. The van der Waals surface area contributed by atoms with E-state index in [1.54, 1.807) is 24.0 Å². The van der Waals surface area contributed by atoms with Crippen LogP contribution in [0.25, 0.3) is 5.57 Å². The molecule has 1 atom stereocenters. The molecule has 3 heterocycles. The zero-order chi connectivity index (χ0) is 26.9. The number of benzene rings is 2. The summed E-state index contributed by atoms with van der Waals surface area (Å²) >= 11 is 6.69. The minimum Gasteiger partial charge on any atom is -0.465 e. The Morgan fingerprint density at radius 2 is 1.78 bits per heavy atom. The fraction of sp³-hybridized carbons (Fsp3) is 0.333. The molecule has 3 aliphatic heterocycles. The monoisotopic (exact) mass is 542 g/mol. The fourth-order valence-corrected chi connectivity index (χ4v) is 6.77. The molecule has 0 radical (unpaired) electrons. The molecular formula is C27H24ClFN2O5S. The Bertz CT molecular complexity index is 1420. The topological polar surface area (TPSA) is 84.0 Å². The highest BCUT2D eigenvalue weighted by molar-refractivity contribution is 8.18. The predicted molar refractivity (Wildman–Crippen MR) is 139 cm³/mol. The highest BCUT2D eigenvalue weighted by Crippen LogP contribution is 2.57. The number of thioether (sulfide) groups is 1. The van der Waals surface area contributed by atoms with Gasteiger partial charge < -0.3 is 9.64 Å². The number of carbonyl (C=O) groups is 4. The van der Waals surface area contributed by atoms with Crippen molar-refractivity contribution in [3.8, 4) is 0 Å². The van der Waals surface area contributed by atoms with Gasteiger partial charge in [0.05, 0.1) is 22.8 Å². The van der Waals surface area contributed by atoms with E-state index in [1.165, 1.54) is 12.1 Å². The first kappa shape index (κ1) is 25.5. The van der Waals surface area contributed by atoms with Crippen molar-refractivity contribution in [3.05, 3.63) is 68.8 Å². The van der Waals surface area contributed by atoms with Crippen molar-refractivity contribution in [1.82, 2.24) is 4.90 Å². The van der Waals surface area contributed by atoms with Gasteiger partial charge in [0, 0.05) is 21.5 Å². The fourth-order valence-electron chi connectivity index (χ4n) is 5.71. The lowest BCUT2D eigenvalue weighted by atomic mass is 9.65. The minimum atomic E-state index is -0.775. The van der Waals surface area contributed by atoms with Gasteiger partial charge >= 0.3 is 5.97 Å². The van der Waals surface area contributed by atoms with Crippen molar-refractivity contribution in [2.45, 2.75) is 45.1 Å². The smallest absolute Gasteiger partial charge is 0.326 e. The molecule has 0 N–H and O–H groups in total. The number of imide groups is 1. The van der Waals surface area contributed by atoms with Crippen LogP contribution in [0.3, 0.4) is 0 Å². The lowest BCUT2D eigenvalue weighted by Gasteiger charge is -2.49. The van der Waals surface area contributed by atoms with Crippen molar-refractivity contribution in [2.75, 3.05) is 18.1 Å². The molecule has 2 aromatic rings. The molecule has 5 rings (SSSR count). The van der Waals surface area contributed by atoms with E-state index >= 15 is 4.39 Å². The second kappa shape index (κ2) is 8.70. The number of hydrogen-bond acceptors (Lipinski definition) is 6. The summed E-state index contributed by atoms with van der Waals surface area (Å²) in [6.07, 6.45) is 0.473. The van der Waals surface area contributed by atoms with E-state index in [1.807, 2.05) is 32.9 Å². The summed E-state index contributed by atoms with van der Waals surface area (Å²) in [5, 5.41) is -0.116. The van der Waals surface area contributed by atoms with Crippen LogP contribution in [0.4, 0.5) is 14.9 Å². The Morgan fingerprint density at radius 3 is 2.43 bits per heavy atom. The third kappa shape index (κ3) is 3.87. The van der Waals surface area contributed by atoms with Gasteiger partial charge in [0.2, 0.25) is 0 Å². The predicted octanol–water partition coefficient (Wildman–Crippen LogP) is 5.28. The molecule has 37 heavy (non-hydrogen) atoms. The van der Waals surface area contributed by atoms with Crippen LogP contribution in [0.5, 0.6) is 0 Å². The largest absolute Gasteiger partial charge is 0.465 e. The Balaban J connectivity index is 1.70. The van der Waals surface area contributed by atoms with Gasteiger partial charge in [0.25, 0.3) is 17.1 Å². The molecule has 7 nitrogen and oxygen atoms in total. The molecule has 0 aliphatic carbocycles. The van der Waals surface area contributed by atoms with Crippen LogP contribution in [-0.2, 0) is 24.5 Å². The van der Waals surface area contributed by atoms with Crippen molar-refractivity contribution < 1.29 is 28.3 Å². The minimum absolute atomic E-state index is 0.0288. The number of hydrogen-bond donors (Lipinski definition) is 0. The molecule has 1 unspecified atom stereocenters. The van der Waals surface area contributed by atoms with Gasteiger partial charge in [-0.05, 0) is 74.3 Å². The molecule has 10 heteroatoms. The summed E-state index contributed by atoms with van der Waals surface area (Å²) in [5.41, 5.74) is 0.886. The van der Waals surface area contributed by atoms with E-state index in [0.29, 0.717) is 34.5 Å². The van der Waals surface area contributed by atoms with Crippen LogP contribution in [-0.4, -0.2) is 46.6 Å². The summed E-state index contributed by atoms with van der Waals surface area (Å²) in [7, 11) is 0. The molecule has 0 saturated carbocycles. The average Bonchev–Trinajstić information content (AvgIpc) is 3.25. The first-order chi connectivity index (χ1) is 17.4. The first-order valence-corrected chi connectivity index (χ1v) is 13.0. The molecule has 0 bridgehead atoms. The number of nitrogens with zero attached hydrogens (tertiary/aromatic N) is 2. The zero-order valence-electron chi connectivity index (χ0n) is 20.7. The van der Waals surface area contributed by atoms with Gasteiger partial charge in [0.15, 0.2) is 0 Å². The number of amides is 3. The second-order valence-corrected chi connectivity index (χ2v) is 11.5. The Hall–Kier alpha value is -3.17. The van der Waals surface area contributed by atoms with Gasteiger partial charge in [-0.25, -0.2) is 4.39 Å². The van der Waals surface area contributed by atoms with E-state index in [2.05, 4.69) is 0 Å². The number of rotatable bonds is 4. The van der Waals surface area contributed by atoms with Crippen molar-refractivity contribution in [2.24, 2.45) is 0 Å². The number of anilines is 1. The maximum absolute atomic E-state index is 15.2. The summed E-state index contributed by atoms with van der Waals surface area (Å²) in [6, 6.07) is 10.00. The van der Waals surface area contributed by atoms with Crippen molar-refractivity contribution >= 4 is 57.6 Å². The normalized spacial score (nSPS) is 24.1. The molecule has 1 fully saturated rings. The summed E-state index contributed by atoms with van der Waals surface area (Å²) < 4.78 is 20.0. The maximum Gasteiger partial charge on any atom is 0.326 e. The van der Waals surface area contributed by atoms with E-state index in [0.717, 1.165) is 10.5 Å². The average molecular weight is 543 g/mol. The molecule has 1 saturated heterocycles. The standard InChI is InChI=1S/C27H24ClFN2O5S/c1-5-36-19(32)12-30-24(34)22(37-25(30)35)20-17-10-16(29)11-18-21(17)31(23(20)33)26(2,3)13-27(18,4)14-6-8-15(28)9-7-14/h6-11H,5,12-13H2,1-4H3. The van der Waals surface area contributed by atoms with Gasteiger partial charge in [-0.3, -0.25) is 24.1 Å². The molecule has 192 valence electrons. The number of esters is 1. The Kier molecular flexibility index (Phi) is 5.99. The summed E-state index contributed by atoms with van der Waals surface area (Å²) in [4.78, 5) is 54.0. The number of halogens is 2. The lowest BCUT2D eigenvalue weighted by molar-refractivity contribution is -0.145. The maximum atomic E-state index is 15.2. The molecule has 2 aromatic carbocycles. The Morgan fingerprint density at radius 1 is 1.11 bits per heavy atom. The second-order valence-electron chi connectivity index (χ2n) is 10.1. The van der Waals surface area contributed by atoms with Gasteiger partial charge in [0.1, 0.15) is 12.4 Å². The molecular weight excluding hydrogens is 519 g/mol. The zero-order valence-corrected chi connectivity index (χ0v) is 22.3. The Labute approximate surface area is 222 Å². The summed E-state index contributed by atoms with van der Waals surface area (Å²) in [5.74, 6) is -2.55. The van der Waals surface area contributed by atoms with Crippen molar-refractivity contribution in [1.29, 1.82) is 0 Å². The van der Waals surface area contributed by atoms with E-state index in [-0.39, 0.29) is 22.6 Å². The SMILES string of the molecule is CCOC(=O)CN1C(=O)SC(=C2C(=O)N3c4c2cc(F)cc4C(C)(c2ccc(Cl)cc2)CC3(C)C)C1=O. The van der Waals surface area contributed by atoms with Crippen LogP contribution in [0.2, 0.25) is 5.02 Å². The quantitative estimate of drug-likeness (QED) is 0.386. The lowest BCUT2D eigenvalue weighted by Crippen LogP contribution is -2.54. The third-order valence-corrected chi connectivity index (χ3v) is 8.35. The molecule has 3 aliphatic rings. The van der Waals surface area contributed by atoms with E-state index in [4.69, 9.17) is 16.3 Å². The molecule has 3 amide bonds. The molecule has 0 aromatic heterocycles. The first-order valence-electron chi connectivity index (χ1n) is 11.8. The van der Waals surface area contributed by atoms with Crippen LogP contribution >= 0.6 is 23.4 Å².